The van der Waals surface area contributed by atoms with Crippen molar-refractivity contribution in [1.82, 2.24) is 14.9 Å². The van der Waals surface area contributed by atoms with Crippen LogP contribution in [0.2, 0.25) is 0 Å². The topological polar surface area (TPSA) is 58.2 Å². The summed E-state index contributed by atoms with van der Waals surface area (Å²) in [6.45, 7) is 2.01. The minimum Gasteiger partial charge on any atom is -0.372 e. The fourth-order valence-corrected chi connectivity index (χ4v) is 2.60. The van der Waals surface area contributed by atoms with Gasteiger partial charge < -0.3 is 14.6 Å². The molecular formula is C16H19N3O2. The lowest BCUT2D eigenvalue weighted by molar-refractivity contribution is -0.00680. The molecule has 1 aliphatic heterocycles. The number of hydrogen-bond acceptors (Lipinski definition) is 3. The van der Waals surface area contributed by atoms with Crippen molar-refractivity contribution in [2.45, 2.75) is 25.6 Å². The minimum absolute atomic E-state index is 0.0749. The first-order chi connectivity index (χ1) is 10.3. The molecule has 2 aromatic rings. The number of likely N-dealkylation sites (tertiary alicyclic amines) is 1. The van der Waals surface area contributed by atoms with Gasteiger partial charge in [0.2, 0.25) is 0 Å². The van der Waals surface area contributed by atoms with Crippen molar-refractivity contribution in [1.29, 1.82) is 0 Å². The number of H-pyrrole nitrogens is 1. The van der Waals surface area contributed by atoms with Gasteiger partial charge >= 0.3 is 0 Å². The molecule has 21 heavy (non-hydrogen) atoms. The number of piperidine rings is 1. The molecule has 0 unspecified atom stereocenters. The smallest absolute Gasteiger partial charge is 0.255 e. The van der Waals surface area contributed by atoms with Crippen LogP contribution in [0.3, 0.4) is 0 Å². The van der Waals surface area contributed by atoms with Crippen LogP contribution in [0.5, 0.6) is 0 Å². The van der Waals surface area contributed by atoms with Gasteiger partial charge in [-0.3, -0.25) is 9.78 Å². The third-order valence-corrected chi connectivity index (χ3v) is 3.72. The van der Waals surface area contributed by atoms with E-state index in [9.17, 15) is 4.79 Å². The molecule has 3 rings (SSSR count). The maximum atomic E-state index is 12.3. The lowest BCUT2D eigenvalue weighted by Gasteiger charge is -2.32. The Hall–Kier alpha value is -2.14. The van der Waals surface area contributed by atoms with Gasteiger partial charge in [-0.15, -0.1) is 0 Å². The zero-order valence-electron chi connectivity index (χ0n) is 11.9. The van der Waals surface area contributed by atoms with Gasteiger partial charge in [-0.25, -0.2) is 0 Å². The summed E-state index contributed by atoms with van der Waals surface area (Å²) >= 11 is 0. The van der Waals surface area contributed by atoms with Crippen LogP contribution in [-0.2, 0) is 11.3 Å². The number of carbonyl (C=O) groups excluding carboxylic acids is 1. The van der Waals surface area contributed by atoms with Crippen molar-refractivity contribution in [3.8, 4) is 0 Å². The summed E-state index contributed by atoms with van der Waals surface area (Å²) in [4.78, 5) is 21.2. The Labute approximate surface area is 124 Å². The predicted molar refractivity (Wildman–Crippen MR) is 78.7 cm³/mol. The van der Waals surface area contributed by atoms with Crippen LogP contribution in [-0.4, -0.2) is 40.0 Å². The third kappa shape index (κ3) is 3.49. The van der Waals surface area contributed by atoms with Crippen LogP contribution in [0.25, 0.3) is 0 Å². The van der Waals surface area contributed by atoms with E-state index in [1.807, 2.05) is 29.3 Å². The van der Waals surface area contributed by atoms with Crippen LogP contribution < -0.4 is 0 Å². The summed E-state index contributed by atoms with van der Waals surface area (Å²) in [6, 6.07) is 5.71. The zero-order valence-corrected chi connectivity index (χ0v) is 11.9. The molecule has 2 aromatic heterocycles. The molecule has 0 bridgehead atoms. The lowest BCUT2D eigenvalue weighted by atomic mass is 10.1. The normalized spacial score (nSPS) is 18.7. The number of aromatic nitrogens is 2. The molecule has 0 aliphatic carbocycles. The van der Waals surface area contributed by atoms with Crippen molar-refractivity contribution in [3.05, 3.63) is 54.1 Å². The average Bonchev–Trinajstić information content (AvgIpc) is 3.08. The molecule has 5 nitrogen and oxygen atoms in total. The second kappa shape index (κ2) is 6.54. The molecule has 1 aliphatic rings. The van der Waals surface area contributed by atoms with Crippen molar-refractivity contribution in [3.63, 3.8) is 0 Å². The van der Waals surface area contributed by atoms with Gasteiger partial charge in [-0.05, 0) is 30.5 Å². The molecule has 1 saturated heterocycles. The third-order valence-electron chi connectivity index (χ3n) is 3.72. The van der Waals surface area contributed by atoms with E-state index in [4.69, 9.17) is 4.74 Å². The van der Waals surface area contributed by atoms with E-state index in [1.54, 1.807) is 18.6 Å². The molecule has 1 fully saturated rings. The molecule has 1 N–H and O–H groups in total. The Morgan fingerprint density at radius 3 is 3.19 bits per heavy atom. The fraction of sp³-hybridized carbons (Fsp3) is 0.375. The second-order valence-corrected chi connectivity index (χ2v) is 5.29. The highest BCUT2D eigenvalue weighted by molar-refractivity contribution is 5.94. The first kappa shape index (κ1) is 13.8. The van der Waals surface area contributed by atoms with E-state index in [0.29, 0.717) is 18.7 Å². The molecule has 5 heteroatoms. The van der Waals surface area contributed by atoms with Gasteiger partial charge in [0.25, 0.3) is 5.91 Å². The highest BCUT2D eigenvalue weighted by Gasteiger charge is 2.25. The van der Waals surface area contributed by atoms with E-state index in [-0.39, 0.29) is 12.0 Å². The maximum Gasteiger partial charge on any atom is 0.255 e. The van der Waals surface area contributed by atoms with Crippen molar-refractivity contribution >= 4 is 5.91 Å². The number of nitrogens with zero attached hydrogens (tertiary/aromatic N) is 2. The number of rotatable bonds is 4. The standard InChI is InChI=1S/C16H19N3O2/c20-16(14-5-7-18-10-14)19-8-2-4-15(11-19)21-12-13-3-1-6-17-9-13/h1,3,5-7,9-10,15,18H,2,4,8,11-12H2/t15-/m0/s1. The SMILES string of the molecule is O=C(c1cc[nH]c1)N1CCC[C@H](OCc2cccnc2)C1. The van der Waals surface area contributed by atoms with E-state index in [2.05, 4.69) is 9.97 Å². The highest BCUT2D eigenvalue weighted by atomic mass is 16.5. The molecule has 0 saturated carbocycles. The van der Waals surface area contributed by atoms with E-state index in [0.717, 1.165) is 24.9 Å². The number of ether oxygens (including phenoxy) is 1. The van der Waals surface area contributed by atoms with Crippen LogP contribution in [0, 0.1) is 0 Å². The molecule has 0 radical (unpaired) electrons. The predicted octanol–water partition coefficient (Wildman–Crippen LogP) is 2.23. The van der Waals surface area contributed by atoms with Crippen LogP contribution >= 0.6 is 0 Å². The first-order valence-corrected chi connectivity index (χ1v) is 7.25. The van der Waals surface area contributed by atoms with Gasteiger partial charge in [0.05, 0.1) is 18.3 Å². The van der Waals surface area contributed by atoms with Crippen molar-refractivity contribution in [2.75, 3.05) is 13.1 Å². The average molecular weight is 285 g/mol. The Bertz CT molecular complexity index is 568. The van der Waals surface area contributed by atoms with Crippen LogP contribution in [0.15, 0.2) is 43.0 Å². The van der Waals surface area contributed by atoms with Crippen LogP contribution in [0.1, 0.15) is 28.8 Å². The highest BCUT2D eigenvalue weighted by Crippen LogP contribution is 2.17. The summed E-state index contributed by atoms with van der Waals surface area (Å²) in [5.74, 6) is 0.0749. The van der Waals surface area contributed by atoms with E-state index < -0.39 is 0 Å². The monoisotopic (exact) mass is 285 g/mol. The van der Waals surface area contributed by atoms with Crippen molar-refractivity contribution < 1.29 is 9.53 Å². The number of nitrogens with one attached hydrogen (secondary N) is 1. The molecule has 1 amide bonds. The first-order valence-electron chi connectivity index (χ1n) is 7.25. The zero-order chi connectivity index (χ0) is 14.5. The van der Waals surface area contributed by atoms with E-state index in [1.165, 1.54) is 0 Å². The van der Waals surface area contributed by atoms with Gasteiger partial charge in [-0.1, -0.05) is 6.07 Å². The fourth-order valence-electron chi connectivity index (χ4n) is 2.60. The summed E-state index contributed by atoms with van der Waals surface area (Å²) < 4.78 is 5.93. The van der Waals surface area contributed by atoms with Gasteiger partial charge in [0.15, 0.2) is 0 Å². The Kier molecular flexibility index (Phi) is 4.31. The quantitative estimate of drug-likeness (QED) is 0.937. The second-order valence-electron chi connectivity index (χ2n) is 5.29. The Morgan fingerprint density at radius 2 is 2.43 bits per heavy atom. The molecule has 0 aromatic carbocycles. The van der Waals surface area contributed by atoms with Gasteiger partial charge in [0.1, 0.15) is 0 Å². The summed E-state index contributed by atoms with van der Waals surface area (Å²) in [5.41, 5.74) is 1.77. The van der Waals surface area contributed by atoms with E-state index >= 15 is 0 Å². The summed E-state index contributed by atoms with van der Waals surface area (Å²) in [5, 5.41) is 0. The lowest BCUT2D eigenvalue weighted by Crippen LogP contribution is -2.43. The number of aromatic amines is 1. The van der Waals surface area contributed by atoms with Gasteiger partial charge in [0, 0.05) is 37.9 Å². The largest absolute Gasteiger partial charge is 0.372 e. The molecule has 0 spiro atoms. The molecule has 1 atom stereocenters. The number of amides is 1. The number of hydrogen-bond donors (Lipinski definition) is 1. The molecule has 110 valence electrons. The summed E-state index contributed by atoms with van der Waals surface area (Å²) in [7, 11) is 0. The van der Waals surface area contributed by atoms with Crippen LogP contribution in [0.4, 0.5) is 0 Å². The molecular weight excluding hydrogens is 266 g/mol. The maximum absolute atomic E-state index is 12.3. The summed E-state index contributed by atoms with van der Waals surface area (Å²) in [6.07, 6.45) is 9.15. The Balaban J connectivity index is 1.55. The van der Waals surface area contributed by atoms with Crippen molar-refractivity contribution in [2.24, 2.45) is 0 Å². The van der Waals surface area contributed by atoms with Gasteiger partial charge in [-0.2, -0.15) is 0 Å². The minimum atomic E-state index is 0.0749. The molecule has 3 heterocycles. The Morgan fingerprint density at radius 1 is 1.48 bits per heavy atom. The number of pyridine rings is 1. The number of carbonyl (C=O) groups is 1.